The van der Waals surface area contributed by atoms with Gasteiger partial charge in [-0.25, -0.2) is 0 Å². The third kappa shape index (κ3) is 5.95. The van der Waals surface area contributed by atoms with Crippen LogP contribution in [0.4, 0.5) is 0 Å². The fourth-order valence-electron chi connectivity index (χ4n) is 4.53. The number of aromatic nitrogens is 1. The number of nitrogens with zero attached hydrogens (tertiary/aromatic N) is 2. The Labute approximate surface area is 211 Å². The van der Waals surface area contributed by atoms with Gasteiger partial charge in [0, 0.05) is 25.8 Å². The summed E-state index contributed by atoms with van der Waals surface area (Å²) in [6.07, 6.45) is 1.71. The lowest BCUT2D eigenvalue weighted by molar-refractivity contribution is 0.0162. The Balaban J connectivity index is 1.54. The van der Waals surface area contributed by atoms with Crippen molar-refractivity contribution in [2.24, 2.45) is 0 Å². The second kappa shape index (κ2) is 11.9. The van der Waals surface area contributed by atoms with Crippen molar-refractivity contribution in [3.8, 4) is 11.5 Å². The molecule has 1 aliphatic rings. The Morgan fingerprint density at radius 3 is 2.53 bits per heavy atom. The molecule has 2 heterocycles. The Morgan fingerprint density at radius 2 is 1.81 bits per heavy atom. The molecule has 2 aromatic carbocycles. The standard InChI is InChI=1S/C28H33N3O5/c1-20-6-4-7-21(16-20)19-31-11-5-8-23(28(31)33)27(32)29-18-24(30-12-14-36-15-13-30)22-9-10-25(34-2)26(17-22)35-3/h4-11,16-17,24H,12-15,18-19H2,1-3H3,(H,29,32). The van der Waals surface area contributed by atoms with Gasteiger partial charge in [0.1, 0.15) is 5.56 Å². The summed E-state index contributed by atoms with van der Waals surface area (Å²) in [6.45, 7) is 5.48. The minimum atomic E-state index is -0.391. The topological polar surface area (TPSA) is 82.0 Å². The van der Waals surface area contributed by atoms with Crippen LogP contribution < -0.4 is 20.3 Å². The first-order chi connectivity index (χ1) is 17.5. The molecule has 0 saturated carbocycles. The van der Waals surface area contributed by atoms with Crippen LogP contribution >= 0.6 is 0 Å². The number of rotatable bonds is 9. The van der Waals surface area contributed by atoms with Gasteiger partial charge >= 0.3 is 0 Å². The van der Waals surface area contributed by atoms with E-state index in [0.717, 1.165) is 29.8 Å². The van der Waals surface area contributed by atoms with Crippen molar-refractivity contribution in [3.05, 3.63) is 93.4 Å². The van der Waals surface area contributed by atoms with Crippen molar-refractivity contribution >= 4 is 5.91 Å². The number of aryl methyl sites for hydroxylation is 1. The molecule has 1 atom stereocenters. The van der Waals surface area contributed by atoms with Crippen molar-refractivity contribution in [1.29, 1.82) is 0 Å². The average molecular weight is 492 g/mol. The van der Waals surface area contributed by atoms with Crippen molar-refractivity contribution < 1.29 is 19.0 Å². The summed E-state index contributed by atoms with van der Waals surface area (Å²) < 4.78 is 18.0. The Hall–Kier alpha value is -3.62. The van der Waals surface area contributed by atoms with Crippen molar-refractivity contribution in [1.82, 2.24) is 14.8 Å². The molecule has 4 rings (SSSR count). The predicted octanol–water partition coefficient (Wildman–Crippen LogP) is 3.03. The quantitative estimate of drug-likeness (QED) is 0.496. The van der Waals surface area contributed by atoms with Crippen LogP contribution in [-0.2, 0) is 11.3 Å². The molecule has 190 valence electrons. The molecule has 36 heavy (non-hydrogen) atoms. The van der Waals surface area contributed by atoms with Crippen LogP contribution in [0.5, 0.6) is 11.5 Å². The van der Waals surface area contributed by atoms with Gasteiger partial charge in [0.25, 0.3) is 11.5 Å². The van der Waals surface area contributed by atoms with E-state index in [-0.39, 0.29) is 17.2 Å². The number of carbonyl (C=O) groups is 1. The number of benzene rings is 2. The highest BCUT2D eigenvalue weighted by Crippen LogP contribution is 2.32. The molecule has 0 spiro atoms. The summed E-state index contributed by atoms with van der Waals surface area (Å²) in [5.74, 6) is 0.878. The predicted molar refractivity (Wildman–Crippen MR) is 138 cm³/mol. The summed E-state index contributed by atoms with van der Waals surface area (Å²) in [5.41, 5.74) is 2.93. The fraction of sp³-hybridized carbons (Fsp3) is 0.357. The summed E-state index contributed by atoms with van der Waals surface area (Å²) in [4.78, 5) is 28.5. The molecule has 0 bridgehead atoms. The summed E-state index contributed by atoms with van der Waals surface area (Å²) >= 11 is 0. The smallest absolute Gasteiger partial charge is 0.263 e. The molecule has 1 aliphatic heterocycles. The van der Waals surface area contributed by atoms with Gasteiger partial charge in [0.05, 0.1) is 40.0 Å². The molecule has 1 fully saturated rings. The molecular formula is C28H33N3O5. The zero-order valence-corrected chi connectivity index (χ0v) is 21.0. The van der Waals surface area contributed by atoms with E-state index < -0.39 is 5.91 Å². The number of morpholine rings is 1. The Kier molecular flexibility index (Phi) is 8.40. The highest BCUT2D eigenvalue weighted by molar-refractivity contribution is 5.93. The molecule has 1 amide bonds. The maximum atomic E-state index is 13.2. The molecule has 1 N–H and O–H groups in total. The number of methoxy groups -OCH3 is 2. The van der Waals surface area contributed by atoms with Crippen LogP contribution in [0.3, 0.4) is 0 Å². The lowest BCUT2D eigenvalue weighted by Gasteiger charge is -2.35. The first kappa shape index (κ1) is 25.5. The van der Waals surface area contributed by atoms with Crippen LogP contribution in [0.25, 0.3) is 0 Å². The molecule has 1 saturated heterocycles. The van der Waals surface area contributed by atoms with E-state index in [9.17, 15) is 9.59 Å². The molecule has 0 aliphatic carbocycles. The highest BCUT2D eigenvalue weighted by atomic mass is 16.5. The molecule has 1 unspecified atom stereocenters. The number of amides is 1. The van der Waals surface area contributed by atoms with E-state index in [1.165, 1.54) is 0 Å². The third-order valence-electron chi connectivity index (χ3n) is 6.43. The number of hydrogen-bond acceptors (Lipinski definition) is 6. The molecule has 0 radical (unpaired) electrons. The minimum Gasteiger partial charge on any atom is -0.493 e. The number of pyridine rings is 1. The normalized spacial score (nSPS) is 14.8. The molecule has 3 aromatic rings. The second-order valence-corrected chi connectivity index (χ2v) is 8.83. The van der Waals surface area contributed by atoms with E-state index in [1.54, 1.807) is 37.1 Å². The van der Waals surface area contributed by atoms with Gasteiger partial charge in [-0.2, -0.15) is 0 Å². The molecule has 1 aromatic heterocycles. The highest BCUT2D eigenvalue weighted by Gasteiger charge is 2.25. The van der Waals surface area contributed by atoms with Crippen LogP contribution in [0.1, 0.15) is 33.1 Å². The van der Waals surface area contributed by atoms with Gasteiger partial charge < -0.3 is 24.1 Å². The molecule has 8 heteroatoms. The van der Waals surface area contributed by atoms with Crippen molar-refractivity contribution in [2.75, 3.05) is 47.1 Å². The van der Waals surface area contributed by atoms with E-state index in [2.05, 4.69) is 10.2 Å². The van der Waals surface area contributed by atoms with Crippen LogP contribution in [0.15, 0.2) is 65.6 Å². The fourth-order valence-corrected chi connectivity index (χ4v) is 4.53. The zero-order valence-electron chi connectivity index (χ0n) is 21.0. The van der Waals surface area contributed by atoms with Gasteiger partial charge in [-0.15, -0.1) is 0 Å². The maximum absolute atomic E-state index is 13.2. The number of hydrogen-bond donors (Lipinski definition) is 1. The molecular weight excluding hydrogens is 458 g/mol. The SMILES string of the molecule is COc1ccc(C(CNC(=O)c2cccn(Cc3cccc(C)c3)c2=O)N2CCOCC2)cc1OC. The monoisotopic (exact) mass is 491 g/mol. The average Bonchev–Trinajstić information content (AvgIpc) is 2.90. The number of ether oxygens (including phenoxy) is 3. The van der Waals surface area contributed by atoms with Gasteiger partial charge in [0.15, 0.2) is 11.5 Å². The van der Waals surface area contributed by atoms with Crippen LogP contribution in [0, 0.1) is 6.92 Å². The largest absolute Gasteiger partial charge is 0.493 e. The van der Waals surface area contributed by atoms with E-state index in [0.29, 0.717) is 37.8 Å². The number of carbonyl (C=O) groups excluding carboxylic acids is 1. The summed E-state index contributed by atoms with van der Waals surface area (Å²) in [7, 11) is 3.20. The van der Waals surface area contributed by atoms with Gasteiger partial charge in [-0.1, -0.05) is 35.9 Å². The lowest BCUT2D eigenvalue weighted by atomic mass is 10.0. The van der Waals surface area contributed by atoms with Crippen molar-refractivity contribution in [3.63, 3.8) is 0 Å². The second-order valence-electron chi connectivity index (χ2n) is 8.83. The van der Waals surface area contributed by atoms with E-state index in [1.807, 2.05) is 49.4 Å². The third-order valence-corrected chi connectivity index (χ3v) is 6.43. The van der Waals surface area contributed by atoms with E-state index >= 15 is 0 Å². The van der Waals surface area contributed by atoms with Crippen LogP contribution in [-0.4, -0.2) is 62.4 Å². The van der Waals surface area contributed by atoms with Gasteiger partial charge in [-0.05, 0) is 42.3 Å². The summed E-state index contributed by atoms with van der Waals surface area (Å²) in [6, 6.07) is 17.0. The molecule has 8 nitrogen and oxygen atoms in total. The minimum absolute atomic E-state index is 0.115. The maximum Gasteiger partial charge on any atom is 0.263 e. The van der Waals surface area contributed by atoms with Crippen LogP contribution in [0.2, 0.25) is 0 Å². The van der Waals surface area contributed by atoms with Crippen molar-refractivity contribution in [2.45, 2.75) is 19.5 Å². The number of nitrogens with one attached hydrogen (secondary N) is 1. The van der Waals surface area contributed by atoms with E-state index in [4.69, 9.17) is 14.2 Å². The zero-order chi connectivity index (χ0) is 25.5. The van der Waals surface area contributed by atoms with Gasteiger partial charge in [0.2, 0.25) is 0 Å². The first-order valence-electron chi connectivity index (χ1n) is 12.1. The summed E-state index contributed by atoms with van der Waals surface area (Å²) in [5, 5.41) is 3.00. The van der Waals surface area contributed by atoms with Gasteiger partial charge in [-0.3, -0.25) is 14.5 Å². The Bertz CT molecular complexity index is 1250. The Morgan fingerprint density at radius 1 is 1.03 bits per heavy atom. The first-order valence-corrected chi connectivity index (χ1v) is 12.1. The lowest BCUT2D eigenvalue weighted by Crippen LogP contribution is -2.44.